The highest BCUT2D eigenvalue weighted by molar-refractivity contribution is 5.87. The predicted octanol–water partition coefficient (Wildman–Crippen LogP) is 2.58. The Bertz CT molecular complexity index is 929. The van der Waals surface area contributed by atoms with Gasteiger partial charge in [0.25, 0.3) is 5.91 Å². The number of amides is 1. The van der Waals surface area contributed by atoms with Crippen molar-refractivity contribution in [2.75, 3.05) is 40.0 Å². The number of aryl methyl sites for hydroxylation is 1. The van der Waals surface area contributed by atoms with Crippen LogP contribution in [-0.2, 0) is 20.8 Å². The molecule has 1 atom stereocenters. The maximum atomic E-state index is 14.9. The number of benzene rings is 1. The Hall–Kier alpha value is -2.29. The van der Waals surface area contributed by atoms with Crippen LogP contribution in [0.3, 0.4) is 0 Å². The SMILES string of the molecule is COCCCOc1cc(CN(C(=O)[C@H]2CNCCO2)C2CC2)nc2c(F)c(C)ccc12. The molecule has 0 unspecified atom stereocenters. The van der Waals surface area contributed by atoms with Crippen molar-refractivity contribution in [3.8, 4) is 5.75 Å². The molecule has 0 spiro atoms. The van der Waals surface area contributed by atoms with Gasteiger partial charge in [-0.2, -0.15) is 0 Å². The van der Waals surface area contributed by atoms with Crippen LogP contribution in [0.15, 0.2) is 18.2 Å². The quantitative estimate of drug-likeness (QED) is 0.616. The third-order valence-corrected chi connectivity index (χ3v) is 5.68. The summed E-state index contributed by atoms with van der Waals surface area (Å²) < 4.78 is 31.6. The Morgan fingerprint density at radius 2 is 2.19 bits per heavy atom. The molecule has 2 fully saturated rings. The Kier molecular flexibility index (Phi) is 6.99. The van der Waals surface area contributed by atoms with Crippen LogP contribution in [0.4, 0.5) is 4.39 Å². The summed E-state index contributed by atoms with van der Waals surface area (Å²) in [6.07, 6.45) is 2.17. The zero-order valence-corrected chi connectivity index (χ0v) is 18.2. The molecule has 0 radical (unpaired) electrons. The first-order valence-corrected chi connectivity index (χ1v) is 10.9. The Balaban J connectivity index is 1.62. The highest BCUT2D eigenvalue weighted by atomic mass is 19.1. The van der Waals surface area contributed by atoms with Crippen molar-refractivity contribution >= 4 is 16.8 Å². The maximum absolute atomic E-state index is 14.9. The van der Waals surface area contributed by atoms with E-state index in [0.29, 0.717) is 55.3 Å². The number of pyridine rings is 1. The van der Waals surface area contributed by atoms with Crippen LogP contribution in [0, 0.1) is 12.7 Å². The molecule has 1 aliphatic heterocycles. The number of methoxy groups -OCH3 is 1. The summed E-state index contributed by atoms with van der Waals surface area (Å²) in [5, 5.41) is 3.84. The molecule has 2 aromatic rings. The summed E-state index contributed by atoms with van der Waals surface area (Å²) in [5.41, 5.74) is 1.42. The number of carbonyl (C=O) groups is 1. The van der Waals surface area contributed by atoms with Gasteiger partial charge in [0.05, 0.1) is 25.5 Å². The molecule has 31 heavy (non-hydrogen) atoms. The Morgan fingerprint density at radius 1 is 1.35 bits per heavy atom. The summed E-state index contributed by atoms with van der Waals surface area (Å²) in [4.78, 5) is 19.5. The van der Waals surface area contributed by atoms with E-state index in [1.807, 2.05) is 17.0 Å². The number of nitrogens with zero attached hydrogens (tertiary/aromatic N) is 2. The van der Waals surface area contributed by atoms with Crippen molar-refractivity contribution in [1.29, 1.82) is 0 Å². The molecule has 168 valence electrons. The lowest BCUT2D eigenvalue weighted by Gasteiger charge is -2.30. The van der Waals surface area contributed by atoms with Gasteiger partial charge in [-0.05, 0) is 31.4 Å². The molecule has 1 aromatic heterocycles. The minimum Gasteiger partial charge on any atom is -0.493 e. The van der Waals surface area contributed by atoms with Crippen LogP contribution in [-0.4, -0.2) is 68.0 Å². The second-order valence-corrected chi connectivity index (χ2v) is 8.16. The molecule has 1 N–H and O–H groups in total. The topological polar surface area (TPSA) is 72.9 Å². The first-order valence-electron chi connectivity index (χ1n) is 10.9. The number of nitrogens with one attached hydrogen (secondary N) is 1. The molecule has 1 aliphatic carbocycles. The van der Waals surface area contributed by atoms with Crippen molar-refractivity contribution in [3.63, 3.8) is 0 Å². The standard InChI is InChI=1S/C23H30FN3O4/c1-15-4-7-18-19(30-10-3-9-29-2)12-16(26-22(18)21(15)24)14-27(17-5-6-17)23(28)20-13-25-8-11-31-20/h4,7,12,17,20,25H,3,5-6,8-11,13-14H2,1-2H3/t20-/m1/s1. The van der Waals surface area contributed by atoms with E-state index in [1.165, 1.54) is 0 Å². The van der Waals surface area contributed by atoms with Crippen molar-refractivity contribution in [2.24, 2.45) is 0 Å². The molecule has 8 heteroatoms. The average molecular weight is 432 g/mol. The van der Waals surface area contributed by atoms with E-state index in [9.17, 15) is 9.18 Å². The number of halogens is 1. The van der Waals surface area contributed by atoms with Gasteiger partial charge in [0.2, 0.25) is 0 Å². The Morgan fingerprint density at radius 3 is 2.90 bits per heavy atom. The number of hydrogen-bond acceptors (Lipinski definition) is 6. The van der Waals surface area contributed by atoms with Gasteiger partial charge in [0.15, 0.2) is 5.82 Å². The van der Waals surface area contributed by atoms with E-state index in [4.69, 9.17) is 14.2 Å². The third-order valence-electron chi connectivity index (χ3n) is 5.68. The molecule has 2 heterocycles. The van der Waals surface area contributed by atoms with Crippen LogP contribution in [0.5, 0.6) is 5.75 Å². The van der Waals surface area contributed by atoms with Crippen LogP contribution in [0.2, 0.25) is 0 Å². The van der Waals surface area contributed by atoms with Crippen molar-refractivity contribution in [3.05, 3.63) is 35.3 Å². The predicted molar refractivity (Wildman–Crippen MR) is 115 cm³/mol. The smallest absolute Gasteiger partial charge is 0.253 e. The minimum absolute atomic E-state index is 0.0381. The van der Waals surface area contributed by atoms with Crippen LogP contribution >= 0.6 is 0 Å². The fraction of sp³-hybridized carbons (Fsp3) is 0.565. The highest BCUT2D eigenvalue weighted by Gasteiger charge is 2.37. The normalized spacial score (nSPS) is 18.9. The molecule has 1 aromatic carbocycles. The molecule has 1 saturated heterocycles. The zero-order valence-electron chi connectivity index (χ0n) is 18.2. The summed E-state index contributed by atoms with van der Waals surface area (Å²) in [5.74, 6) is 0.183. The van der Waals surface area contributed by atoms with Gasteiger partial charge in [-0.3, -0.25) is 4.79 Å². The molecule has 4 rings (SSSR count). The second kappa shape index (κ2) is 9.89. The number of aromatic nitrogens is 1. The fourth-order valence-electron chi connectivity index (χ4n) is 3.82. The van der Waals surface area contributed by atoms with E-state index >= 15 is 0 Å². The Labute approximate surface area is 181 Å². The number of hydrogen-bond donors (Lipinski definition) is 1. The summed E-state index contributed by atoms with van der Waals surface area (Å²) in [6.45, 7) is 4.85. The average Bonchev–Trinajstić information content (AvgIpc) is 3.63. The minimum atomic E-state index is -0.487. The largest absolute Gasteiger partial charge is 0.493 e. The van der Waals surface area contributed by atoms with Crippen LogP contribution in [0.25, 0.3) is 10.9 Å². The van der Waals surface area contributed by atoms with Gasteiger partial charge in [0.1, 0.15) is 17.4 Å². The molecule has 1 saturated carbocycles. The lowest BCUT2D eigenvalue weighted by atomic mass is 10.1. The zero-order chi connectivity index (χ0) is 21.8. The van der Waals surface area contributed by atoms with Crippen LogP contribution in [0.1, 0.15) is 30.5 Å². The van der Waals surface area contributed by atoms with Crippen LogP contribution < -0.4 is 10.1 Å². The number of morpholine rings is 1. The first-order chi connectivity index (χ1) is 15.1. The molecule has 7 nitrogen and oxygen atoms in total. The highest BCUT2D eigenvalue weighted by Crippen LogP contribution is 2.32. The molecule has 2 aliphatic rings. The van der Waals surface area contributed by atoms with Gasteiger partial charge >= 0.3 is 0 Å². The van der Waals surface area contributed by atoms with Gasteiger partial charge in [-0.1, -0.05) is 6.07 Å². The van der Waals surface area contributed by atoms with Gasteiger partial charge in [0, 0.05) is 50.7 Å². The van der Waals surface area contributed by atoms with Gasteiger partial charge in [-0.25, -0.2) is 9.37 Å². The van der Waals surface area contributed by atoms with E-state index in [1.54, 1.807) is 20.1 Å². The van der Waals surface area contributed by atoms with Gasteiger partial charge in [-0.15, -0.1) is 0 Å². The summed E-state index contributed by atoms with van der Waals surface area (Å²) in [7, 11) is 1.65. The molecular formula is C23H30FN3O4. The lowest BCUT2D eigenvalue weighted by Crippen LogP contribution is -2.49. The lowest BCUT2D eigenvalue weighted by molar-refractivity contribution is -0.146. The van der Waals surface area contributed by atoms with E-state index < -0.39 is 6.10 Å². The maximum Gasteiger partial charge on any atom is 0.253 e. The number of rotatable bonds is 9. The van der Waals surface area contributed by atoms with Gasteiger partial charge < -0.3 is 24.4 Å². The van der Waals surface area contributed by atoms with Crippen molar-refractivity contribution in [1.82, 2.24) is 15.2 Å². The number of fused-ring (bicyclic) bond motifs is 1. The molecular weight excluding hydrogens is 401 g/mol. The third kappa shape index (κ3) is 5.14. The van der Waals surface area contributed by atoms with E-state index in [2.05, 4.69) is 10.3 Å². The van der Waals surface area contributed by atoms with E-state index in [-0.39, 0.29) is 23.3 Å². The molecule has 1 amide bonds. The number of ether oxygens (including phenoxy) is 3. The summed E-state index contributed by atoms with van der Waals surface area (Å²) in [6, 6.07) is 5.58. The van der Waals surface area contributed by atoms with E-state index in [0.717, 1.165) is 25.8 Å². The van der Waals surface area contributed by atoms with Crippen molar-refractivity contribution in [2.45, 2.75) is 44.9 Å². The first kappa shape index (κ1) is 21.9. The number of carbonyl (C=O) groups excluding carboxylic acids is 1. The monoisotopic (exact) mass is 431 g/mol. The second-order valence-electron chi connectivity index (χ2n) is 8.16. The van der Waals surface area contributed by atoms with Crippen molar-refractivity contribution < 1.29 is 23.4 Å². The molecule has 0 bridgehead atoms. The summed E-state index contributed by atoms with van der Waals surface area (Å²) >= 11 is 0. The fourth-order valence-corrected chi connectivity index (χ4v) is 3.82.